The zero-order chi connectivity index (χ0) is 15.2. The molecule has 0 bridgehead atoms. The highest BCUT2D eigenvalue weighted by molar-refractivity contribution is 8.01. The van der Waals surface area contributed by atoms with Crippen LogP contribution in [0.2, 0.25) is 5.02 Å². The van der Waals surface area contributed by atoms with Gasteiger partial charge in [0.25, 0.3) is 0 Å². The van der Waals surface area contributed by atoms with E-state index in [0.717, 1.165) is 4.21 Å². The molecule has 2 rings (SSSR count). The Morgan fingerprint density at radius 2 is 2.05 bits per heavy atom. The van der Waals surface area contributed by atoms with E-state index in [9.17, 15) is 14.7 Å². The minimum atomic E-state index is -1.14. The topological polar surface area (TPSA) is 66.4 Å². The van der Waals surface area contributed by atoms with Crippen molar-refractivity contribution >= 4 is 46.6 Å². The number of thioether (sulfide) groups is 1. The summed E-state index contributed by atoms with van der Waals surface area (Å²) >= 11 is 8.89. The van der Waals surface area contributed by atoms with Gasteiger partial charge in [0.15, 0.2) is 6.04 Å². The predicted molar refractivity (Wildman–Crippen MR) is 85.0 cm³/mol. The van der Waals surface area contributed by atoms with Crippen LogP contribution in [0.25, 0.3) is 0 Å². The van der Waals surface area contributed by atoms with Gasteiger partial charge in [0, 0.05) is 10.6 Å². The lowest BCUT2D eigenvalue weighted by Crippen LogP contribution is -2.35. The molecular formula is C14H12ClNO3S2. The molecular weight excluding hydrogens is 330 g/mol. The van der Waals surface area contributed by atoms with E-state index < -0.39 is 12.0 Å². The molecule has 1 atom stereocenters. The van der Waals surface area contributed by atoms with Gasteiger partial charge in [-0.15, -0.1) is 23.1 Å². The van der Waals surface area contributed by atoms with Gasteiger partial charge >= 0.3 is 5.97 Å². The van der Waals surface area contributed by atoms with Crippen molar-refractivity contribution in [1.82, 2.24) is 5.32 Å². The van der Waals surface area contributed by atoms with Crippen molar-refractivity contribution in [2.24, 2.45) is 0 Å². The summed E-state index contributed by atoms with van der Waals surface area (Å²) in [6.07, 6.45) is 0. The van der Waals surface area contributed by atoms with E-state index in [1.165, 1.54) is 23.1 Å². The number of benzene rings is 1. The number of carboxylic acid groups (broad SMARTS) is 1. The van der Waals surface area contributed by atoms with Gasteiger partial charge in [-0.3, -0.25) is 4.79 Å². The third kappa shape index (κ3) is 4.49. The highest BCUT2D eigenvalue weighted by atomic mass is 35.5. The second kappa shape index (κ2) is 7.49. The molecule has 0 aliphatic heterocycles. The number of hydrogen-bond donors (Lipinski definition) is 2. The van der Waals surface area contributed by atoms with Crippen LogP contribution >= 0.6 is 34.7 Å². The van der Waals surface area contributed by atoms with Gasteiger partial charge < -0.3 is 10.4 Å². The number of aliphatic carboxylic acids is 1. The van der Waals surface area contributed by atoms with Crippen molar-refractivity contribution < 1.29 is 14.7 Å². The number of halogens is 1. The molecule has 4 nitrogen and oxygen atoms in total. The molecule has 0 fully saturated rings. The molecule has 0 unspecified atom stereocenters. The maximum atomic E-state index is 11.9. The van der Waals surface area contributed by atoms with E-state index in [0.29, 0.717) is 10.6 Å². The Labute approximate surface area is 135 Å². The first-order chi connectivity index (χ1) is 10.1. The Morgan fingerprint density at radius 3 is 2.67 bits per heavy atom. The van der Waals surface area contributed by atoms with Crippen LogP contribution in [0, 0.1) is 0 Å². The van der Waals surface area contributed by atoms with Gasteiger partial charge in [0.05, 0.1) is 9.96 Å². The molecule has 21 heavy (non-hydrogen) atoms. The number of thiophene rings is 1. The van der Waals surface area contributed by atoms with Gasteiger partial charge in [-0.25, -0.2) is 4.79 Å². The first kappa shape index (κ1) is 15.9. The van der Waals surface area contributed by atoms with Crippen molar-refractivity contribution in [3.8, 4) is 0 Å². The Morgan fingerprint density at radius 1 is 1.29 bits per heavy atom. The fraction of sp³-hybridized carbons (Fsp3) is 0.143. The number of hydrogen-bond acceptors (Lipinski definition) is 4. The molecule has 1 heterocycles. The molecule has 7 heteroatoms. The highest BCUT2D eigenvalue weighted by Gasteiger charge is 2.24. The van der Waals surface area contributed by atoms with Crippen molar-refractivity contribution in [1.29, 1.82) is 0 Å². The quantitative estimate of drug-likeness (QED) is 0.790. The van der Waals surface area contributed by atoms with Crippen LogP contribution < -0.4 is 5.32 Å². The second-order valence-electron chi connectivity index (χ2n) is 4.08. The third-order valence-electron chi connectivity index (χ3n) is 2.61. The van der Waals surface area contributed by atoms with Gasteiger partial charge in [0.1, 0.15) is 0 Å². The van der Waals surface area contributed by atoms with Crippen LogP contribution in [-0.4, -0.2) is 22.7 Å². The second-order valence-corrected chi connectivity index (χ2v) is 6.71. The van der Waals surface area contributed by atoms with Crippen molar-refractivity contribution in [2.75, 3.05) is 5.75 Å². The summed E-state index contributed by atoms with van der Waals surface area (Å²) in [5.41, 5.74) is 0.376. The molecule has 2 N–H and O–H groups in total. The summed E-state index contributed by atoms with van der Waals surface area (Å²) in [6, 6.07) is 9.24. The first-order valence-electron chi connectivity index (χ1n) is 6.01. The average Bonchev–Trinajstić information content (AvgIpc) is 2.96. The lowest BCUT2D eigenvalue weighted by Gasteiger charge is -2.15. The summed E-state index contributed by atoms with van der Waals surface area (Å²) in [7, 11) is 0. The minimum Gasteiger partial charge on any atom is -0.479 e. The maximum absolute atomic E-state index is 11.9. The fourth-order valence-corrected chi connectivity index (χ4v) is 3.51. The van der Waals surface area contributed by atoms with E-state index in [-0.39, 0.29) is 11.7 Å². The van der Waals surface area contributed by atoms with Crippen LogP contribution in [-0.2, 0) is 9.59 Å². The third-order valence-corrected chi connectivity index (χ3v) is 5.08. The van der Waals surface area contributed by atoms with Gasteiger partial charge in [0.2, 0.25) is 5.91 Å². The zero-order valence-electron chi connectivity index (χ0n) is 10.8. The lowest BCUT2D eigenvalue weighted by molar-refractivity contribution is -0.141. The van der Waals surface area contributed by atoms with Gasteiger partial charge in [-0.1, -0.05) is 35.9 Å². The maximum Gasteiger partial charge on any atom is 0.330 e. The molecule has 0 aliphatic carbocycles. The Balaban J connectivity index is 2.01. The van der Waals surface area contributed by atoms with E-state index in [2.05, 4.69) is 5.32 Å². The van der Waals surface area contributed by atoms with E-state index in [4.69, 9.17) is 11.6 Å². The monoisotopic (exact) mass is 341 g/mol. The zero-order valence-corrected chi connectivity index (χ0v) is 13.2. The summed E-state index contributed by atoms with van der Waals surface area (Å²) in [5.74, 6) is -1.33. The molecule has 0 aliphatic rings. The fourth-order valence-electron chi connectivity index (χ4n) is 1.67. The number of rotatable bonds is 6. The SMILES string of the molecule is O=C(CSc1cccs1)N[C@@H](C(=O)O)c1ccccc1Cl. The molecule has 0 saturated heterocycles. The lowest BCUT2D eigenvalue weighted by atomic mass is 10.1. The number of carboxylic acids is 1. The molecule has 1 aromatic carbocycles. The van der Waals surface area contributed by atoms with Crippen LogP contribution in [0.1, 0.15) is 11.6 Å². The van der Waals surface area contributed by atoms with E-state index in [1.54, 1.807) is 24.3 Å². The van der Waals surface area contributed by atoms with Crippen LogP contribution in [0.3, 0.4) is 0 Å². The van der Waals surface area contributed by atoms with E-state index >= 15 is 0 Å². The van der Waals surface area contributed by atoms with Crippen molar-refractivity contribution in [2.45, 2.75) is 10.3 Å². The number of carbonyl (C=O) groups is 2. The van der Waals surface area contributed by atoms with Crippen LogP contribution in [0.4, 0.5) is 0 Å². The van der Waals surface area contributed by atoms with Crippen LogP contribution in [0.15, 0.2) is 46.0 Å². The molecule has 0 saturated carbocycles. The summed E-state index contributed by atoms with van der Waals surface area (Å²) < 4.78 is 1.01. The van der Waals surface area contributed by atoms with E-state index in [1.807, 2.05) is 17.5 Å². The van der Waals surface area contributed by atoms with Crippen LogP contribution in [0.5, 0.6) is 0 Å². The summed E-state index contributed by atoms with van der Waals surface area (Å²) in [4.78, 5) is 23.2. The van der Waals surface area contributed by atoms with Gasteiger partial charge in [-0.05, 0) is 17.5 Å². The molecule has 110 valence electrons. The Bertz CT molecular complexity index is 631. The predicted octanol–water partition coefficient (Wildman–Crippen LogP) is 3.44. The van der Waals surface area contributed by atoms with Crippen molar-refractivity contribution in [3.05, 3.63) is 52.4 Å². The highest BCUT2D eigenvalue weighted by Crippen LogP contribution is 2.25. The minimum absolute atomic E-state index is 0.161. The first-order valence-corrected chi connectivity index (χ1v) is 8.25. The summed E-state index contributed by atoms with van der Waals surface area (Å²) in [6.45, 7) is 0. The number of nitrogens with one attached hydrogen (secondary N) is 1. The molecule has 0 radical (unpaired) electrons. The smallest absolute Gasteiger partial charge is 0.330 e. The average molecular weight is 342 g/mol. The standard InChI is InChI=1S/C14H12ClNO3S2/c15-10-5-2-1-4-9(10)13(14(18)19)16-11(17)8-21-12-6-3-7-20-12/h1-7,13H,8H2,(H,16,17)(H,18,19)/t13-/m1/s1. The van der Waals surface area contributed by atoms with Crippen molar-refractivity contribution in [3.63, 3.8) is 0 Å². The molecule has 0 spiro atoms. The molecule has 1 amide bonds. The largest absolute Gasteiger partial charge is 0.479 e. The Hall–Kier alpha value is -1.50. The number of amides is 1. The summed E-state index contributed by atoms with van der Waals surface area (Å²) in [5, 5.41) is 14.0. The molecule has 2 aromatic rings. The normalized spacial score (nSPS) is 11.9. The number of carbonyl (C=O) groups excluding carboxylic acids is 1. The van der Waals surface area contributed by atoms with Gasteiger partial charge in [-0.2, -0.15) is 0 Å². The Kier molecular flexibility index (Phi) is 5.67. The molecule has 1 aromatic heterocycles.